The van der Waals surface area contributed by atoms with Crippen LogP contribution < -0.4 is 56.3 Å². The summed E-state index contributed by atoms with van der Waals surface area (Å²) in [6.45, 7) is 4.83. The van der Waals surface area contributed by atoms with E-state index < -0.39 is 5.69 Å². The van der Waals surface area contributed by atoms with Crippen molar-refractivity contribution in [3.05, 3.63) is 0 Å². The molecule has 0 spiro atoms. The molecular formula is C10H22KO2PS2. The third-order valence-electron chi connectivity index (χ3n) is 1.99. The molecule has 0 amide bonds. The molecule has 0 saturated heterocycles. The molecule has 0 radical (unpaired) electrons. The molecule has 0 rings (SSSR count). The average Bonchev–Trinajstić information content (AvgIpc) is 2.20. The maximum Gasteiger partial charge on any atom is 1.00 e. The predicted molar refractivity (Wildman–Crippen MR) is 71.7 cm³/mol. The van der Waals surface area contributed by atoms with E-state index >= 15 is 0 Å². The Morgan fingerprint density at radius 3 is 2.25 bits per heavy atom. The number of rotatable bonds is 10. The summed E-state index contributed by atoms with van der Waals surface area (Å²) >= 11 is 6.26. The van der Waals surface area contributed by atoms with E-state index in [0.717, 1.165) is 31.4 Å². The molecule has 1 unspecified atom stereocenters. The van der Waals surface area contributed by atoms with Crippen molar-refractivity contribution >= 4 is 28.9 Å². The van der Waals surface area contributed by atoms with Gasteiger partial charge in [0.2, 0.25) is 0 Å². The average molecular weight is 308 g/mol. The van der Waals surface area contributed by atoms with E-state index in [9.17, 15) is 4.89 Å². The minimum Gasteiger partial charge on any atom is -0.793 e. The third-order valence-corrected chi connectivity index (χ3v) is 6.36. The first-order chi connectivity index (χ1) is 7.12. The van der Waals surface area contributed by atoms with Crippen LogP contribution in [-0.2, 0) is 16.3 Å². The van der Waals surface area contributed by atoms with Gasteiger partial charge >= 0.3 is 51.4 Å². The summed E-state index contributed by atoms with van der Waals surface area (Å²) in [7, 11) is 0. The summed E-state index contributed by atoms with van der Waals surface area (Å²) in [6.07, 6.45) is 6.68. The van der Waals surface area contributed by atoms with Crippen molar-refractivity contribution in [2.75, 3.05) is 12.4 Å². The third kappa shape index (κ3) is 14.6. The molecule has 16 heavy (non-hydrogen) atoms. The van der Waals surface area contributed by atoms with Gasteiger partial charge in [0.25, 0.3) is 0 Å². The summed E-state index contributed by atoms with van der Waals surface area (Å²) in [5.74, 6) is 0.863. The molecule has 0 bridgehead atoms. The maximum absolute atomic E-state index is 11.7. The molecule has 0 heterocycles. The molecule has 6 heteroatoms. The molecule has 0 fully saturated rings. The minimum atomic E-state index is -2.77. The van der Waals surface area contributed by atoms with Crippen LogP contribution in [0.3, 0.4) is 0 Å². The van der Waals surface area contributed by atoms with Gasteiger partial charge in [0, 0.05) is 5.69 Å². The SMILES string of the molecule is CCCCCOP([O-])(=S)SCCCCC.[K+]. The molecule has 0 saturated carbocycles. The van der Waals surface area contributed by atoms with Gasteiger partial charge in [0.05, 0.1) is 6.61 Å². The fourth-order valence-corrected chi connectivity index (χ4v) is 4.48. The smallest absolute Gasteiger partial charge is 0.793 e. The zero-order valence-corrected chi connectivity index (χ0v) is 16.4. The second-order valence-electron chi connectivity index (χ2n) is 3.53. The standard InChI is InChI=1S/C10H23O2PS2.K/c1-3-5-7-9-12-13(11,14)15-10-8-6-4-2;/h3-10H2,1-2H3,(H,11,14);/q;+1/p-1. The Morgan fingerprint density at radius 1 is 1.12 bits per heavy atom. The first-order valence-electron chi connectivity index (χ1n) is 5.72. The van der Waals surface area contributed by atoms with Gasteiger partial charge in [-0.2, -0.15) is 0 Å². The van der Waals surface area contributed by atoms with Crippen LogP contribution in [0.1, 0.15) is 52.4 Å². The monoisotopic (exact) mass is 308 g/mol. The number of unbranched alkanes of at least 4 members (excludes halogenated alkanes) is 4. The van der Waals surface area contributed by atoms with E-state index in [2.05, 4.69) is 13.8 Å². The van der Waals surface area contributed by atoms with Crippen molar-refractivity contribution in [3.8, 4) is 0 Å². The summed E-state index contributed by atoms with van der Waals surface area (Å²) in [6, 6.07) is 0. The number of hydrogen-bond donors (Lipinski definition) is 0. The fourth-order valence-electron chi connectivity index (χ4n) is 1.09. The van der Waals surface area contributed by atoms with Gasteiger partial charge in [0.1, 0.15) is 0 Å². The van der Waals surface area contributed by atoms with Crippen molar-refractivity contribution in [2.24, 2.45) is 0 Å². The maximum atomic E-state index is 11.7. The van der Waals surface area contributed by atoms with E-state index in [-0.39, 0.29) is 51.4 Å². The first kappa shape index (κ1) is 20.9. The van der Waals surface area contributed by atoms with Crippen LogP contribution in [0, 0.1) is 0 Å². The molecule has 2 nitrogen and oxygen atoms in total. The molecular weight excluding hydrogens is 286 g/mol. The van der Waals surface area contributed by atoms with Crippen LogP contribution in [0.2, 0.25) is 0 Å². The van der Waals surface area contributed by atoms with Crippen molar-refractivity contribution in [1.82, 2.24) is 0 Å². The van der Waals surface area contributed by atoms with E-state index in [1.54, 1.807) is 0 Å². The van der Waals surface area contributed by atoms with Gasteiger partial charge < -0.3 is 9.42 Å². The Morgan fingerprint density at radius 2 is 1.69 bits per heavy atom. The molecule has 0 aliphatic heterocycles. The Bertz CT molecular complexity index is 178. The predicted octanol–water partition coefficient (Wildman–Crippen LogP) is 0.705. The molecule has 0 aromatic heterocycles. The van der Waals surface area contributed by atoms with Crippen LogP contribution in [0.25, 0.3) is 0 Å². The van der Waals surface area contributed by atoms with Crippen molar-refractivity contribution in [1.29, 1.82) is 0 Å². The zero-order valence-electron chi connectivity index (χ0n) is 10.7. The normalized spacial score (nSPS) is 14.2. The van der Waals surface area contributed by atoms with E-state index in [0.29, 0.717) is 6.61 Å². The van der Waals surface area contributed by atoms with Gasteiger partial charge in [0.15, 0.2) is 0 Å². The van der Waals surface area contributed by atoms with Crippen LogP contribution >= 0.6 is 17.1 Å². The second-order valence-corrected chi connectivity index (χ2v) is 9.70. The fraction of sp³-hybridized carbons (Fsp3) is 1.00. The minimum absolute atomic E-state index is 0. The quantitative estimate of drug-likeness (QED) is 0.338. The molecule has 0 aliphatic rings. The van der Waals surface area contributed by atoms with Crippen LogP contribution in [0.15, 0.2) is 0 Å². The molecule has 0 aromatic carbocycles. The molecule has 0 aromatic rings. The molecule has 92 valence electrons. The summed E-state index contributed by atoms with van der Waals surface area (Å²) in [5.41, 5.74) is -2.77. The Balaban J connectivity index is 0. The molecule has 0 aliphatic carbocycles. The Kier molecular flexibility index (Phi) is 18.2. The topological polar surface area (TPSA) is 32.3 Å². The van der Waals surface area contributed by atoms with Gasteiger partial charge in [-0.25, -0.2) is 0 Å². The number of hydrogen-bond acceptors (Lipinski definition) is 4. The van der Waals surface area contributed by atoms with Gasteiger partial charge in [-0.15, -0.1) is 11.4 Å². The van der Waals surface area contributed by atoms with Crippen LogP contribution in [0.4, 0.5) is 0 Å². The molecule has 1 atom stereocenters. The van der Waals surface area contributed by atoms with Crippen molar-refractivity contribution in [3.63, 3.8) is 0 Å². The summed E-state index contributed by atoms with van der Waals surface area (Å²) in [5, 5.41) is 0. The molecule has 0 N–H and O–H groups in total. The van der Waals surface area contributed by atoms with E-state index in [4.69, 9.17) is 16.3 Å². The van der Waals surface area contributed by atoms with Crippen LogP contribution in [0.5, 0.6) is 0 Å². The zero-order chi connectivity index (χ0) is 11.6. The van der Waals surface area contributed by atoms with Gasteiger partial charge in [-0.05, 0) is 18.6 Å². The first-order valence-corrected chi connectivity index (χ1v) is 9.95. The van der Waals surface area contributed by atoms with Crippen molar-refractivity contribution in [2.45, 2.75) is 52.4 Å². The largest absolute Gasteiger partial charge is 1.00 e. The van der Waals surface area contributed by atoms with Gasteiger partial charge in [-0.1, -0.05) is 51.3 Å². The van der Waals surface area contributed by atoms with E-state index in [1.807, 2.05) is 0 Å². The van der Waals surface area contributed by atoms with Gasteiger partial charge in [-0.3, -0.25) is 0 Å². The van der Waals surface area contributed by atoms with Crippen molar-refractivity contribution < 1.29 is 60.8 Å². The summed E-state index contributed by atoms with van der Waals surface area (Å²) < 4.78 is 5.25. The summed E-state index contributed by atoms with van der Waals surface area (Å²) in [4.78, 5) is 11.7. The second kappa shape index (κ2) is 14.0. The van der Waals surface area contributed by atoms with Crippen LogP contribution in [-0.4, -0.2) is 12.4 Å². The van der Waals surface area contributed by atoms with E-state index in [1.165, 1.54) is 24.2 Å². The Hall–Kier alpha value is 2.56. The Labute approximate surface area is 152 Å².